The molecule has 29 heavy (non-hydrogen) atoms. The summed E-state index contributed by atoms with van der Waals surface area (Å²) in [5.41, 5.74) is 0.790. The molecule has 1 aliphatic rings. The van der Waals surface area contributed by atoms with E-state index in [2.05, 4.69) is 26.2 Å². The molecule has 1 aliphatic heterocycles. The number of carbonyl (C=O) groups is 3. The molecule has 2 rings (SSSR count). The standard InChI is InChI=1S/C20H31N5O4/c1-29-14-11-21-18(26)7-10-22-20(28)24-17-8-12-25(13-9-17)15-19(27)23-16-5-3-2-4-6-16/h2-6,17H,7-15H2,1H3,(H,21,26)(H,23,27)(H2,22,24,28). The van der Waals surface area contributed by atoms with Crippen LogP contribution in [0.5, 0.6) is 0 Å². The van der Waals surface area contributed by atoms with Crippen molar-refractivity contribution in [2.45, 2.75) is 25.3 Å². The van der Waals surface area contributed by atoms with Crippen molar-refractivity contribution >= 4 is 23.5 Å². The Kier molecular flexibility index (Phi) is 9.94. The zero-order chi connectivity index (χ0) is 20.9. The maximum atomic E-state index is 12.1. The van der Waals surface area contributed by atoms with Gasteiger partial charge in [0.2, 0.25) is 11.8 Å². The molecular formula is C20H31N5O4. The molecule has 0 unspecified atom stereocenters. The van der Waals surface area contributed by atoms with Gasteiger partial charge in [-0.25, -0.2) is 4.79 Å². The topological polar surface area (TPSA) is 112 Å². The number of ether oxygens (including phenoxy) is 1. The van der Waals surface area contributed by atoms with Gasteiger partial charge in [-0.2, -0.15) is 0 Å². The van der Waals surface area contributed by atoms with E-state index in [0.29, 0.717) is 19.7 Å². The molecule has 0 saturated carbocycles. The van der Waals surface area contributed by atoms with Gasteiger partial charge in [0.15, 0.2) is 0 Å². The zero-order valence-electron chi connectivity index (χ0n) is 16.9. The molecule has 0 spiro atoms. The van der Waals surface area contributed by atoms with Gasteiger partial charge in [-0.15, -0.1) is 0 Å². The van der Waals surface area contributed by atoms with E-state index in [4.69, 9.17) is 4.74 Å². The molecule has 1 fully saturated rings. The average Bonchev–Trinajstić information content (AvgIpc) is 2.70. The van der Waals surface area contributed by atoms with Gasteiger partial charge in [0.05, 0.1) is 13.2 Å². The minimum atomic E-state index is -0.269. The fourth-order valence-corrected chi connectivity index (χ4v) is 3.07. The maximum absolute atomic E-state index is 12.1. The van der Waals surface area contributed by atoms with Crippen molar-refractivity contribution in [2.24, 2.45) is 0 Å². The highest BCUT2D eigenvalue weighted by Crippen LogP contribution is 2.11. The normalized spacial score (nSPS) is 14.8. The predicted octanol–water partition coefficient (Wildman–Crippen LogP) is 0.541. The van der Waals surface area contributed by atoms with Crippen LogP contribution < -0.4 is 21.3 Å². The lowest BCUT2D eigenvalue weighted by Gasteiger charge is -2.31. The first kappa shape index (κ1) is 22.6. The molecule has 9 heteroatoms. The predicted molar refractivity (Wildman–Crippen MR) is 111 cm³/mol. The van der Waals surface area contributed by atoms with Crippen molar-refractivity contribution in [3.63, 3.8) is 0 Å². The van der Waals surface area contributed by atoms with Crippen LogP contribution in [0.1, 0.15) is 19.3 Å². The molecule has 1 aromatic carbocycles. The Hall–Kier alpha value is -2.65. The lowest BCUT2D eigenvalue weighted by molar-refractivity contribution is -0.121. The van der Waals surface area contributed by atoms with Crippen LogP contribution in [-0.2, 0) is 14.3 Å². The van der Waals surface area contributed by atoms with Gasteiger partial charge in [0, 0.05) is 51.4 Å². The second-order valence-electron chi connectivity index (χ2n) is 6.96. The molecule has 160 valence electrons. The minimum Gasteiger partial charge on any atom is -0.383 e. The molecule has 0 atom stereocenters. The van der Waals surface area contributed by atoms with Gasteiger partial charge in [-0.1, -0.05) is 18.2 Å². The summed E-state index contributed by atoms with van der Waals surface area (Å²) in [6.45, 7) is 3.04. The van der Waals surface area contributed by atoms with Crippen molar-refractivity contribution in [1.29, 1.82) is 0 Å². The van der Waals surface area contributed by atoms with E-state index in [1.54, 1.807) is 7.11 Å². The summed E-state index contributed by atoms with van der Waals surface area (Å²) in [6, 6.07) is 9.18. The zero-order valence-corrected chi connectivity index (χ0v) is 16.9. The Morgan fingerprint density at radius 2 is 1.76 bits per heavy atom. The number of anilines is 1. The molecule has 0 aromatic heterocycles. The number of urea groups is 1. The number of nitrogens with zero attached hydrogens (tertiary/aromatic N) is 1. The number of nitrogens with one attached hydrogen (secondary N) is 4. The third kappa shape index (κ3) is 9.40. The summed E-state index contributed by atoms with van der Waals surface area (Å²) in [5, 5.41) is 11.2. The van der Waals surface area contributed by atoms with Crippen LogP contribution in [-0.4, -0.2) is 75.2 Å². The Balaban J connectivity index is 1.56. The van der Waals surface area contributed by atoms with Crippen LogP contribution in [0, 0.1) is 0 Å². The Bertz CT molecular complexity index is 648. The van der Waals surface area contributed by atoms with Crippen molar-refractivity contribution in [2.75, 3.05) is 51.8 Å². The molecule has 4 amide bonds. The van der Waals surface area contributed by atoms with E-state index >= 15 is 0 Å². The lowest BCUT2D eigenvalue weighted by atomic mass is 10.1. The number of methoxy groups -OCH3 is 1. The number of para-hydroxylation sites is 1. The van der Waals surface area contributed by atoms with Crippen LogP contribution in [0.4, 0.5) is 10.5 Å². The summed E-state index contributed by atoms with van der Waals surface area (Å²) >= 11 is 0. The van der Waals surface area contributed by atoms with Gasteiger partial charge in [0.1, 0.15) is 0 Å². The number of benzene rings is 1. The van der Waals surface area contributed by atoms with Gasteiger partial charge >= 0.3 is 6.03 Å². The van der Waals surface area contributed by atoms with Crippen molar-refractivity contribution < 1.29 is 19.1 Å². The molecule has 0 radical (unpaired) electrons. The average molecular weight is 405 g/mol. The molecular weight excluding hydrogens is 374 g/mol. The van der Waals surface area contributed by atoms with Crippen molar-refractivity contribution in [1.82, 2.24) is 20.9 Å². The quantitative estimate of drug-likeness (QED) is 0.425. The Labute approximate surface area is 171 Å². The van der Waals surface area contributed by atoms with Gasteiger partial charge in [-0.05, 0) is 25.0 Å². The number of likely N-dealkylation sites (tertiary alicyclic amines) is 1. The number of carbonyl (C=O) groups excluding carboxylic acids is 3. The third-order valence-corrected chi connectivity index (χ3v) is 4.61. The number of rotatable bonds is 10. The maximum Gasteiger partial charge on any atom is 0.315 e. The molecule has 9 nitrogen and oxygen atoms in total. The highest BCUT2D eigenvalue weighted by molar-refractivity contribution is 5.92. The minimum absolute atomic E-state index is 0.0378. The molecule has 1 aromatic rings. The van der Waals surface area contributed by atoms with E-state index in [9.17, 15) is 14.4 Å². The third-order valence-electron chi connectivity index (χ3n) is 4.61. The van der Waals surface area contributed by atoms with E-state index in [1.165, 1.54) is 0 Å². The van der Waals surface area contributed by atoms with Crippen LogP contribution in [0.25, 0.3) is 0 Å². The first-order chi connectivity index (χ1) is 14.1. The van der Waals surface area contributed by atoms with Crippen LogP contribution in [0.2, 0.25) is 0 Å². The second-order valence-corrected chi connectivity index (χ2v) is 6.96. The van der Waals surface area contributed by atoms with Gasteiger partial charge < -0.3 is 26.0 Å². The highest BCUT2D eigenvalue weighted by atomic mass is 16.5. The SMILES string of the molecule is COCCNC(=O)CCNC(=O)NC1CCN(CC(=O)Nc2ccccc2)CC1. The van der Waals surface area contributed by atoms with Crippen LogP contribution in [0.15, 0.2) is 30.3 Å². The molecule has 1 saturated heterocycles. The summed E-state index contributed by atoms with van der Waals surface area (Å²) in [6.07, 6.45) is 1.79. The summed E-state index contributed by atoms with van der Waals surface area (Å²) < 4.78 is 4.85. The molecule has 4 N–H and O–H groups in total. The fourth-order valence-electron chi connectivity index (χ4n) is 3.07. The first-order valence-electron chi connectivity index (χ1n) is 9.94. The summed E-state index contributed by atoms with van der Waals surface area (Å²) in [5.74, 6) is -0.159. The molecule has 0 bridgehead atoms. The van der Waals surface area contributed by atoms with Gasteiger partial charge in [-0.3, -0.25) is 14.5 Å². The van der Waals surface area contributed by atoms with Gasteiger partial charge in [0.25, 0.3) is 0 Å². The fraction of sp³-hybridized carbons (Fsp3) is 0.550. The lowest BCUT2D eigenvalue weighted by Crippen LogP contribution is -2.49. The number of hydrogen-bond acceptors (Lipinski definition) is 5. The monoisotopic (exact) mass is 405 g/mol. The first-order valence-corrected chi connectivity index (χ1v) is 9.94. The summed E-state index contributed by atoms with van der Waals surface area (Å²) in [7, 11) is 1.57. The highest BCUT2D eigenvalue weighted by Gasteiger charge is 2.22. The second kappa shape index (κ2) is 12.7. The van der Waals surface area contributed by atoms with Crippen LogP contribution in [0.3, 0.4) is 0 Å². The van der Waals surface area contributed by atoms with Crippen molar-refractivity contribution in [3.8, 4) is 0 Å². The number of amides is 4. The number of piperidine rings is 1. The Morgan fingerprint density at radius 1 is 1.03 bits per heavy atom. The molecule has 0 aliphatic carbocycles. The van der Waals surface area contributed by atoms with E-state index < -0.39 is 0 Å². The van der Waals surface area contributed by atoms with E-state index in [0.717, 1.165) is 31.6 Å². The Morgan fingerprint density at radius 3 is 2.45 bits per heavy atom. The smallest absolute Gasteiger partial charge is 0.315 e. The van der Waals surface area contributed by atoms with E-state index in [1.807, 2.05) is 30.3 Å². The van der Waals surface area contributed by atoms with Crippen molar-refractivity contribution in [3.05, 3.63) is 30.3 Å². The summed E-state index contributed by atoms with van der Waals surface area (Å²) in [4.78, 5) is 37.7. The molecule has 1 heterocycles. The van der Waals surface area contributed by atoms with E-state index in [-0.39, 0.29) is 36.9 Å². The largest absolute Gasteiger partial charge is 0.383 e. The van der Waals surface area contributed by atoms with Crippen LogP contribution >= 0.6 is 0 Å². The number of hydrogen-bond donors (Lipinski definition) is 4.